The number of aromatic nitrogens is 4. The van der Waals surface area contributed by atoms with Crippen molar-refractivity contribution in [1.29, 1.82) is 0 Å². The number of aryl methyl sites for hydroxylation is 1. The van der Waals surface area contributed by atoms with E-state index in [1.807, 2.05) is 30.3 Å². The number of nitrogens with one attached hydrogen (secondary N) is 1. The minimum absolute atomic E-state index is 0.0554. The lowest BCUT2D eigenvalue weighted by molar-refractivity contribution is 0.0715. The highest BCUT2D eigenvalue weighted by atomic mass is 16.2. The molecule has 0 spiro atoms. The normalized spacial score (nSPS) is 15.0. The van der Waals surface area contributed by atoms with Crippen LogP contribution in [0.3, 0.4) is 0 Å². The molecule has 2 amide bonds. The standard InChI is InChI=1S/C19H20N6O2/c1-13-17(22-23-21-13)19(27)25-8-4-7-24(9-10-25)18(26)15-11-14-5-2-3-6-16(14)20-12-15/h2-3,5-6,11-12H,4,7-10H2,1H3,(H,21,22,23). The highest BCUT2D eigenvalue weighted by Crippen LogP contribution is 2.16. The van der Waals surface area contributed by atoms with Crippen molar-refractivity contribution in [3.8, 4) is 0 Å². The zero-order valence-electron chi connectivity index (χ0n) is 15.1. The zero-order valence-corrected chi connectivity index (χ0v) is 15.1. The Kier molecular flexibility index (Phi) is 4.53. The fraction of sp³-hybridized carbons (Fsp3) is 0.316. The summed E-state index contributed by atoms with van der Waals surface area (Å²) in [6, 6.07) is 9.59. The summed E-state index contributed by atoms with van der Waals surface area (Å²) in [4.78, 5) is 33.4. The van der Waals surface area contributed by atoms with E-state index in [2.05, 4.69) is 20.4 Å². The van der Waals surface area contributed by atoms with Gasteiger partial charge in [-0.05, 0) is 25.5 Å². The third-order valence-corrected chi connectivity index (χ3v) is 4.83. The molecule has 3 aromatic rings. The van der Waals surface area contributed by atoms with Gasteiger partial charge in [0, 0.05) is 37.8 Å². The molecule has 27 heavy (non-hydrogen) atoms. The van der Waals surface area contributed by atoms with E-state index < -0.39 is 0 Å². The first-order chi connectivity index (χ1) is 13.1. The van der Waals surface area contributed by atoms with Gasteiger partial charge in [-0.15, -0.1) is 0 Å². The van der Waals surface area contributed by atoms with Gasteiger partial charge in [0.1, 0.15) is 0 Å². The average molecular weight is 364 g/mol. The largest absolute Gasteiger partial charge is 0.337 e. The van der Waals surface area contributed by atoms with Gasteiger partial charge in [-0.1, -0.05) is 18.2 Å². The van der Waals surface area contributed by atoms with Gasteiger partial charge in [0.2, 0.25) is 0 Å². The maximum atomic E-state index is 12.9. The third-order valence-electron chi connectivity index (χ3n) is 4.83. The van der Waals surface area contributed by atoms with E-state index in [1.54, 1.807) is 22.9 Å². The molecule has 8 heteroatoms. The van der Waals surface area contributed by atoms with E-state index >= 15 is 0 Å². The Bertz CT molecular complexity index is 999. The molecule has 3 heterocycles. The summed E-state index contributed by atoms with van der Waals surface area (Å²) in [6.45, 7) is 3.89. The number of H-pyrrole nitrogens is 1. The van der Waals surface area contributed by atoms with Gasteiger partial charge in [-0.2, -0.15) is 15.4 Å². The molecule has 0 unspecified atom stereocenters. The number of nitrogens with zero attached hydrogens (tertiary/aromatic N) is 5. The van der Waals surface area contributed by atoms with Gasteiger partial charge in [-0.3, -0.25) is 14.6 Å². The molecule has 0 radical (unpaired) electrons. The number of fused-ring (bicyclic) bond motifs is 1. The highest BCUT2D eigenvalue weighted by molar-refractivity contribution is 5.97. The number of hydrogen-bond donors (Lipinski definition) is 1. The van der Waals surface area contributed by atoms with E-state index in [4.69, 9.17) is 0 Å². The van der Waals surface area contributed by atoms with Crippen LogP contribution in [0.15, 0.2) is 36.5 Å². The number of aromatic amines is 1. The second-order valence-electron chi connectivity index (χ2n) is 6.61. The lowest BCUT2D eigenvalue weighted by Crippen LogP contribution is -2.37. The predicted molar refractivity (Wildman–Crippen MR) is 99.3 cm³/mol. The summed E-state index contributed by atoms with van der Waals surface area (Å²) in [7, 11) is 0. The molecule has 0 saturated carbocycles. The van der Waals surface area contributed by atoms with Crippen LogP contribution in [0.25, 0.3) is 10.9 Å². The molecule has 0 bridgehead atoms. The summed E-state index contributed by atoms with van der Waals surface area (Å²) in [6.07, 6.45) is 2.34. The minimum Gasteiger partial charge on any atom is -0.337 e. The van der Waals surface area contributed by atoms with Crippen LogP contribution in [-0.2, 0) is 0 Å². The average Bonchev–Trinajstić information content (AvgIpc) is 2.98. The van der Waals surface area contributed by atoms with Crippen molar-refractivity contribution in [3.05, 3.63) is 53.5 Å². The first kappa shape index (κ1) is 17.1. The predicted octanol–water partition coefficient (Wildman–Crippen LogP) is 1.65. The van der Waals surface area contributed by atoms with Crippen molar-refractivity contribution in [2.45, 2.75) is 13.3 Å². The van der Waals surface area contributed by atoms with Gasteiger partial charge < -0.3 is 9.80 Å². The summed E-state index contributed by atoms with van der Waals surface area (Å²) in [5.41, 5.74) is 2.36. The Balaban J connectivity index is 1.48. The molecule has 1 aliphatic heterocycles. The molecule has 1 fully saturated rings. The van der Waals surface area contributed by atoms with Crippen molar-refractivity contribution in [1.82, 2.24) is 30.2 Å². The van der Waals surface area contributed by atoms with Crippen molar-refractivity contribution in [2.75, 3.05) is 26.2 Å². The van der Waals surface area contributed by atoms with Crippen LogP contribution in [0.2, 0.25) is 0 Å². The van der Waals surface area contributed by atoms with Crippen LogP contribution >= 0.6 is 0 Å². The quantitative estimate of drug-likeness (QED) is 0.746. The van der Waals surface area contributed by atoms with Crippen LogP contribution in [0.4, 0.5) is 0 Å². The fourth-order valence-corrected chi connectivity index (χ4v) is 3.33. The number of hydrogen-bond acceptors (Lipinski definition) is 5. The zero-order chi connectivity index (χ0) is 18.8. The molecule has 138 valence electrons. The van der Waals surface area contributed by atoms with E-state index in [9.17, 15) is 9.59 Å². The molecule has 1 aliphatic rings. The molecule has 4 rings (SSSR count). The van der Waals surface area contributed by atoms with Crippen molar-refractivity contribution in [2.24, 2.45) is 0 Å². The molecule has 1 aromatic carbocycles. The molecule has 0 atom stereocenters. The van der Waals surface area contributed by atoms with Gasteiger partial charge in [-0.25, -0.2) is 0 Å². The summed E-state index contributed by atoms with van der Waals surface area (Å²) >= 11 is 0. The van der Waals surface area contributed by atoms with E-state index in [0.717, 1.165) is 17.3 Å². The summed E-state index contributed by atoms with van der Waals surface area (Å²) < 4.78 is 0. The van der Waals surface area contributed by atoms with Crippen molar-refractivity contribution >= 4 is 22.7 Å². The third kappa shape index (κ3) is 3.38. The number of benzene rings is 1. The highest BCUT2D eigenvalue weighted by Gasteiger charge is 2.26. The van der Waals surface area contributed by atoms with E-state index in [0.29, 0.717) is 43.1 Å². The lowest BCUT2D eigenvalue weighted by atomic mass is 10.1. The van der Waals surface area contributed by atoms with Crippen LogP contribution in [0.5, 0.6) is 0 Å². The van der Waals surface area contributed by atoms with Crippen molar-refractivity contribution < 1.29 is 9.59 Å². The number of carbonyl (C=O) groups is 2. The Morgan fingerprint density at radius 3 is 2.48 bits per heavy atom. The van der Waals surface area contributed by atoms with Crippen molar-refractivity contribution in [3.63, 3.8) is 0 Å². The van der Waals surface area contributed by atoms with E-state index in [1.165, 1.54) is 0 Å². The first-order valence-corrected chi connectivity index (χ1v) is 8.94. The SMILES string of the molecule is Cc1n[nH]nc1C(=O)N1CCCN(C(=O)c2cnc3ccccc3c2)CC1. The molecular formula is C19H20N6O2. The Morgan fingerprint density at radius 1 is 1.00 bits per heavy atom. The fourth-order valence-electron chi connectivity index (χ4n) is 3.33. The van der Waals surface area contributed by atoms with Crippen LogP contribution in [-0.4, -0.2) is 68.2 Å². The molecular weight excluding hydrogens is 344 g/mol. The molecule has 2 aromatic heterocycles. The van der Waals surface area contributed by atoms with Gasteiger partial charge >= 0.3 is 0 Å². The monoisotopic (exact) mass is 364 g/mol. The maximum Gasteiger partial charge on any atom is 0.276 e. The maximum absolute atomic E-state index is 12.9. The Morgan fingerprint density at radius 2 is 1.74 bits per heavy atom. The summed E-state index contributed by atoms with van der Waals surface area (Å²) in [5, 5.41) is 11.3. The Labute approximate surface area is 156 Å². The first-order valence-electron chi connectivity index (χ1n) is 8.94. The second kappa shape index (κ2) is 7.14. The molecule has 1 saturated heterocycles. The number of para-hydroxylation sites is 1. The van der Waals surface area contributed by atoms with Gasteiger partial charge in [0.25, 0.3) is 11.8 Å². The van der Waals surface area contributed by atoms with Crippen LogP contribution in [0.1, 0.15) is 33.0 Å². The van der Waals surface area contributed by atoms with Gasteiger partial charge in [0.15, 0.2) is 5.69 Å². The van der Waals surface area contributed by atoms with Gasteiger partial charge in [0.05, 0.1) is 16.8 Å². The minimum atomic E-state index is -0.150. The Hall–Kier alpha value is -3.29. The summed E-state index contributed by atoms with van der Waals surface area (Å²) in [5.74, 6) is -0.205. The molecule has 8 nitrogen and oxygen atoms in total. The van der Waals surface area contributed by atoms with Crippen LogP contribution < -0.4 is 0 Å². The number of amides is 2. The van der Waals surface area contributed by atoms with Crippen LogP contribution in [0, 0.1) is 6.92 Å². The topological polar surface area (TPSA) is 95.1 Å². The number of rotatable bonds is 2. The number of carbonyl (C=O) groups excluding carboxylic acids is 2. The number of pyridine rings is 1. The second-order valence-corrected chi connectivity index (χ2v) is 6.61. The smallest absolute Gasteiger partial charge is 0.276 e. The van der Waals surface area contributed by atoms with E-state index in [-0.39, 0.29) is 11.8 Å². The molecule has 1 N–H and O–H groups in total. The molecule has 0 aliphatic carbocycles. The lowest BCUT2D eigenvalue weighted by Gasteiger charge is -2.22.